The van der Waals surface area contributed by atoms with Gasteiger partial charge in [0.15, 0.2) is 0 Å². The van der Waals surface area contributed by atoms with Gasteiger partial charge in [-0.1, -0.05) is 18.2 Å². The summed E-state index contributed by atoms with van der Waals surface area (Å²) in [7, 11) is 3.74. The number of hydrogen-bond acceptors (Lipinski definition) is 4. The molecule has 5 heteroatoms. The molecule has 1 aliphatic rings. The minimum absolute atomic E-state index is 0.103. The summed E-state index contributed by atoms with van der Waals surface area (Å²) < 4.78 is 5.42. The molecule has 0 saturated carbocycles. The van der Waals surface area contributed by atoms with Gasteiger partial charge in [0.2, 0.25) is 5.91 Å². The van der Waals surface area contributed by atoms with Gasteiger partial charge in [-0.2, -0.15) is 0 Å². The summed E-state index contributed by atoms with van der Waals surface area (Å²) >= 11 is 0. The van der Waals surface area contributed by atoms with Crippen LogP contribution >= 0.6 is 0 Å². The van der Waals surface area contributed by atoms with Crippen molar-refractivity contribution in [2.45, 2.75) is 26.1 Å². The zero-order chi connectivity index (χ0) is 15.4. The quantitative estimate of drug-likeness (QED) is 0.862. The Morgan fingerprint density at radius 1 is 1.43 bits per heavy atom. The molecular weight excluding hydrogens is 266 g/mol. The molecule has 1 aromatic carbocycles. The van der Waals surface area contributed by atoms with E-state index < -0.39 is 0 Å². The van der Waals surface area contributed by atoms with E-state index in [4.69, 9.17) is 4.74 Å². The van der Waals surface area contributed by atoms with Crippen molar-refractivity contribution in [1.29, 1.82) is 0 Å². The molecule has 5 nitrogen and oxygen atoms in total. The van der Waals surface area contributed by atoms with Crippen LogP contribution in [-0.2, 0) is 4.79 Å². The Labute approximate surface area is 126 Å². The Kier molecular flexibility index (Phi) is 5.20. The summed E-state index contributed by atoms with van der Waals surface area (Å²) in [5.74, 6) is 0.954. The van der Waals surface area contributed by atoms with Crippen LogP contribution in [0.25, 0.3) is 0 Å². The van der Waals surface area contributed by atoms with Crippen LogP contribution in [0.4, 0.5) is 0 Å². The van der Waals surface area contributed by atoms with E-state index >= 15 is 0 Å². The van der Waals surface area contributed by atoms with Gasteiger partial charge in [0.05, 0.1) is 13.7 Å². The van der Waals surface area contributed by atoms with E-state index in [2.05, 4.69) is 31.1 Å². The van der Waals surface area contributed by atoms with Crippen LogP contribution in [0.15, 0.2) is 24.3 Å². The average Bonchev–Trinajstić information content (AvgIpc) is 2.85. The molecule has 0 aliphatic carbocycles. The van der Waals surface area contributed by atoms with Crippen molar-refractivity contribution in [3.8, 4) is 5.75 Å². The third-order valence-electron chi connectivity index (χ3n) is 4.09. The second-order valence-corrected chi connectivity index (χ2v) is 5.69. The molecule has 1 atom stereocenters. The maximum absolute atomic E-state index is 12.1. The highest BCUT2D eigenvalue weighted by Crippen LogP contribution is 2.29. The SMILES string of the molecule is COc1ccccc1C1NCC(=O)N1CCN(C)C(C)C. The Balaban J connectivity index is 2.13. The molecule has 0 radical (unpaired) electrons. The lowest BCUT2D eigenvalue weighted by Gasteiger charge is -2.29. The van der Waals surface area contributed by atoms with Crippen molar-refractivity contribution in [3.63, 3.8) is 0 Å². The molecule has 1 unspecified atom stereocenters. The van der Waals surface area contributed by atoms with Crippen molar-refractivity contribution in [1.82, 2.24) is 15.1 Å². The molecule has 0 aromatic heterocycles. The van der Waals surface area contributed by atoms with Gasteiger partial charge in [0.1, 0.15) is 11.9 Å². The second-order valence-electron chi connectivity index (χ2n) is 5.69. The first-order valence-electron chi connectivity index (χ1n) is 7.40. The van der Waals surface area contributed by atoms with Crippen molar-refractivity contribution in [3.05, 3.63) is 29.8 Å². The molecule has 1 N–H and O–H groups in total. The summed E-state index contributed by atoms with van der Waals surface area (Å²) in [6, 6.07) is 8.32. The molecular formula is C16H25N3O2. The van der Waals surface area contributed by atoms with Crippen LogP contribution in [0.3, 0.4) is 0 Å². The number of methoxy groups -OCH3 is 1. The number of para-hydroxylation sites is 1. The summed E-state index contributed by atoms with van der Waals surface area (Å²) in [5, 5.41) is 3.28. The lowest BCUT2D eigenvalue weighted by atomic mass is 10.1. The fourth-order valence-corrected chi connectivity index (χ4v) is 2.49. The molecule has 0 bridgehead atoms. The number of hydrogen-bond donors (Lipinski definition) is 1. The molecule has 1 amide bonds. The summed E-state index contributed by atoms with van der Waals surface area (Å²) in [5.41, 5.74) is 1.01. The van der Waals surface area contributed by atoms with Crippen LogP contribution in [0.2, 0.25) is 0 Å². The first kappa shape index (κ1) is 15.8. The Morgan fingerprint density at radius 3 is 2.81 bits per heavy atom. The standard InChI is InChI=1S/C16H25N3O2/c1-12(2)18(3)9-10-19-15(20)11-17-16(19)13-7-5-6-8-14(13)21-4/h5-8,12,16-17H,9-11H2,1-4H3. The number of carbonyl (C=O) groups is 1. The number of amides is 1. The van der Waals surface area contributed by atoms with Gasteiger partial charge in [0.25, 0.3) is 0 Å². The van der Waals surface area contributed by atoms with E-state index in [0.717, 1.165) is 17.9 Å². The van der Waals surface area contributed by atoms with Crippen LogP contribution in [0.5, 0.6) is 5.75 Å². The minimum atomic E-state index is -0.103. The first-order chi connectivity index (χ1) is 10.0. The predicted molar refractivity (Wildman–Crippen MR) is 83.2 cm³/mol. The maximum Gasteiger partial charge on any atom is 0.238 e. The summed E-state index contributed by atoms with van der Waals surface area (Å²) in [6.07, 6.45) is -0.103. The highest BCUT2D eigenvalue weighted by Gasteiger charge is 2.33. The highest BCUT2D eigenvalue weighted by atomic mass is 16.5. The van der Waals surface area contributed by atoms with Crippen LogP contribution in [-0.4, -0.2) is 55.5 Å². The normalized spacial score (nSPS) is 18.9. The fourth-order valence-electron chi connectivity index (χ4n) is 2.49. The van der Waals surface area contributed by atoms with Gasteiger partial charge in [-0.15, -0.1) is 0 Å². The number of nitrogens with zero attached hydrogens (tertiary/aromatic N) is 2. The molecule has 1 heterocycles. The molecule has 21 heavy (non-hydrogen) atoms. The van der Waals surface area contributed by atoms with Gasteiger partial charge in [-0.05, 0) is 27.0 Å². The molecule has 1 aliphatic heterocycles. The van der Waals surface area contributed by atoms with Crippen LogP contribution in [0.1, 0.15) is 25.6 Å². The monoisotopic (exact) mass is 291 g/mol. The van der Waals surface area contributed by atoms with E-state index in [0.29, 0.717) is 19.1 Å². The Hall–Kier alpha value is -1.59. The lowest BCUT2D eigenvalue weighted by molar-refractivity contribution is -0.128. The third-order valence-corrected chi connectivity index (χ3v) is 4.09. The third kappa shape index (κ3) is 3.54. The van der Waals surface area contributed by atoms with Gasteiger partial charge in [-0.25, -0.2) is 0 Å². The van der Waals surface area contributed by atoms with E-state index in [1.165, 1.54) is 0 Å². The highest BCUT2D eigenvalue weighted by molar-refractivity contribution is 5.81. The molecule has 2 rings (SSSR count). The van der Waals surface area contributed by atoms with Gasteiger partial charge in [0, 0.05) is 24.7 Å². The van der Waals surface area contributed by atoms with Gasteiger partial charge in [-0.3, -0.25) is 10.1 Å². The fraction of sp³-hybridized carbons (Fsp3) is 0.562. The number of nitrogens with one attached hydrogen (secondary N) is 1. The zero-order valence-corrected chi connectivity index (χ0v) is 13.3. The van der Waals surface area contributed by atoms with E-state index in [1.54, 1.807) is 7.11 Å². The topological polar surface area (TPSA) is 44.8 Å². The zero-order valence-electron chi connectivity index (χ0n) is 13.3. The van der Waals surface area contributed by atoms with Gasteiger partial charge >= 0.3 is 0 Å². The smallest absolute Gasteiger partial charge is 0.238 e. The van der Waals surface area contributed by atoms with E-state index in [9.17, 15) is 4.79 Å². The number of carbonyl (C=O) groups excluding carboxylic acids is 1. The largest absolute Gasteiger partial charge is 0.496 e. The minimum Gasteiger partial charge on any atom is -0.496 e. The molecule has 1 aromatic rings. The van der Waals surface area contributed by atoms with E-state index in [-0.39, 0.29) is 12.1 Å². The molecule has 1 fully saturated rings. The average molecular weight is 291 g/mol. The number of likely N-dealkylation sites (N-methyl/N-ethyl adjacent to an activating group) is 1. The molecule has 1 saturated heterocycles. The number of ether oxygens (including phenoxy) is 1. The first-order valence-corrected chi connectivity index (χ1v) is 7.40. The second kappa shape index (κ2) is 6.91. The lowest BCUT2D eigenvalue weighted by Crippen LogP contribution is -2.39. The number of rotatable bonds is 6. The van der Waals surface area contributed by atoms with Crippen LogP contribution in [0, 0.1) is 0 Å². The van der Waals surface area contributed by atoms with Crippen molar-refractivity contribution >= 4 is 5.91 Å². The summed E-state index contributed by atoms with van der Waals surface area (Å²) in [4.78, 5) is 16.3. The maximum atomic E-state index is 12.1. The Bertz CT molecular complexity index is 490. The van der Waals surface area contributed by atoms with E-state index in [1.807, 2.05) is 29.2 Å². The van der Waals surface area contributed by atoms with Crippen molar-refractivity contribution < 1.29 is 9.53 Å². The molecule has 116 valence electrons. The van der Waals surface area contributed by atoms with Gasteiger partial charge < -0.3 is 14.5 Å². The van der Waals surface area contributed by atoms with Crippen molar-refractivity contribution in [2.75, 3.05) is 33.8 Å². The summed E-state index contributed by atoms with van der Waals surface area (Å²) in [6.45, 7) is 6.26. The van der Waals surface area contributed by atoms with Crippen molar-refractivity contribution in [2.24, 2.45) is 0 Å². The van der Waals surface area contributed by atoms with Crippen LogP contribution < -0.4 is 10.1 Å². The predicted octanol–water partition coefficient (Wildman–Crippen LogP) is 1.47. The number of benzene rings is 1. The Morgan fingerprint density at radius 2 is 2.14 bits per heavy atom. The molecule has 0 spiro atoms.